The molecule has 0 bridgehead atoms. The first kappa shape index (κ1) is 14.5. The number of thiophene rings is 2. The van der Waals surface area contributed by atoms with Gasteiger partial charge in [0.1, 0.15) is 16.3 Å². The Balaban J connectivity index is 1.98. The molecule has 3 heterocycles. The quantitative estimate of drug-likeness (QED) is 0.680. The van der Waals surface area contributed by atoms with Crippen LogP contribution in [0.25, 0.3) is 20.8 Å². The van der Waals surface area contributed by atoms with Crippen molar-refractivity contribution in [2.75, 3.05) is 12.3 Å². The SMILES string of the molecule is Nc1c(C(=O)NCC(=O)O)sc2nc(-c3cccs3)ccc12. The minimum absolute atomic E-state index is 0.284. The zero-order valence-electron chi connectivity index (χ0n) is 11.2. The number of nitrogens with zero attached hydrogens (tertiary/aromatic N) is 1. The molecule has 0 saturated heterocycles. The molecule has 0 radical (unpaired) electrons. The summed E-state index contributed by atoms with van der Waals surface area (Å²) in [5, 5.41) is 13.6. The Morgan fingerprint density at radius 1 is 1.32 bits per heavy atom. The van der Waals surface area contributed by atoms with Gasteiger partial charge in [0.25, 0.3) is 5.91 Å². The van der Waals surface area contributed by atoms with Gasteiger partial charge in [-0.1, -0.05) is 6.07 Å². The molecule has 1 amide bonds. The van der Waals surface area contributed by atoms with Crippen molar-refractivity contribution in [1.29, 1.82) is 0 Å². The summed E-state index contributed by atoms with van der Waals surface area (Å²) in [6, 6.07) is 7.60. The maximum absolute atomic E-state index is 12.0. The van der Waals surface area contributed by atoms with Crippen LogP contribution in [-0.2, 0) is 4.79 Å². The maximum Gasteiger partial charge on any atom is 0.322 e. The number of hydrogen-bond donors (Lipinski definition) is 3. The fourth-order valence-corrected chi connectivity index (χ4v) is 3.67. The molecule has 0 saturated carbocycles. The first-order valence-corrected chi connectivity index (χ1v) is 7.99. The summed E-state index contributed by atoms with van der Waals surface area (Å²) in [4.78, 5) is 29.0. The van der Waals surface area contributed by atoms with Gasteiger partial charge in [-0.15, -0.1) is 22.7 Å². The lowest BCUT2D eigenvalue weighted by molar-refractivity contribution is -0.135. The van der Waals surface area contributed by atoms with Crippen molar-refractivity contribution < 1.29 is 14.7 Å². The lowest BCUT2D eigenvalue weighted by atomic mass is 10.2. The topological polar surface area (TPSA) is 105 Å². The molecule has 3 aromatic rings. The number of fused-ring (bicyclic) bond motifs is 1. The van der Waals surface area contributed by atoms with Crippen LogP contribution in [0.2, 0.25) is 0 Å². The number of carbonyl (C=O) groups excluding carboxylic acids is 1. The Kier molecular flexibility index (Phi) is 3.78. The van der Waals surface area contributed by atoms with Crippen LogP contribution < -0.4 is 11.1 Å². The average Bonchev–Trinajstić information content (AvgIpc) is 3.13. The number of nitrogen functional groups attached to an aromatic ring is 1. The molecule has 8 heteroatoms. The van der Waals surface area contributed by atoms with Gasteiger partial charge in [-0.2, -0.15) is 0 Å². The maximum atomic E-state index is 12.0. The molecule has 0 aliphatic rings. The minimum atomic E-state index is -1.11. The van der Waals surface area contributed by atoms with Crippen LogP contribution in [0.15, 0.2) is 29.6 Å². The Morgan fingerprint density at radius 2 is 2.14 bits per heavy atom. The lowest BCUT2D eigenvalue weighted by Gasteiger charge is -2.00. The van der Waals surface area contributed by atoms with E-state index in [-0.39, 0.29) is 4.88 Å². The second kappa shape index (κ2) is 5.74. The van der Waals surface area contributed by atoms with Gasteiger partial charge < -0.3 is 16.2 Å². The van der Waals surface area contributed by atoms with E-state index >= 15 is 0 Å². The number of rotatable bonds is 4. The highest BCUT2D eigenvalue weighted by atomic mass is 32.1. The van der Waals surface area contributed by atoms with E-state index in [1.54, 1.807) is 11.3 Å². The van der Waals surface area contributed by atoms with Crippen LogP contribution in [0, 0.1) is 0 Å². The summed E-state index contributed by atoms with van der Waals surface area (Å²) in [5.41, 5.74) is 7.13. The van der Waals surface area contributed by atoms with Gasteiger partial charge >= 0.3 is 5.97 Å². The number of pyridine rings is 1. The van der Waals surface area contributed by atoms with Gasteiger partial charge in [-0.25, -0.2) is 4.98 Å². The van der Waals surface area contributed by atoms with Crippen LogP contribution in [-0.4, -0.2) is 28.5 Å². The zero-order valence-corrected chi connectivity index (χ0v) is 12.8. The van der Waals surface area contributed by atoms with E-state index in [0.717, 1.165) is 21.9 Å². The fraction of sp³-hybridized carbons (Fsp3) is 0.0714. The van der Waals surface area contributed by atoms with E-state index in [1.807, 2.05) is 29.6 Å². The number of aromatic nitrogens is 1. The van der Waals surface area contributed by atoms with E-state index in [0.29, 0.717) is 15.9 Å². The van der Waals surface area contributed by atoms with Gasteiger partial charge in [0.2, 0.25) is 0 Å². The van der Waals surface area contributed by atoms with Gasteiger partial charge in [-0.05, 0) is 23.6 Å². The van der Waals surface area contributed by atoms with Crippen molar-refractivity contribution in [3.05, 3.63) is 34.5 Å². The molecule has 0 aliphatic heterocycles. The van der Waals surface area contributed by atoms with Crippen molar-refractivity contribution in [2.45, 2.75) is 0 Å². The highest BCUT2D eigenvalue weighted by molar-refractivity contribution is 7.21. The van der Waals surface area contributed by atoms with Crippen LogP contribution in [0.5, 0.6) is 0 Å². The first-order chi connectivity index (χ1) is 10.6. The Labute approximate surface area is 133 Å². The second-order valence-corrected chi connectivity index (χ2v) is 6.39. The third kappa shape index (κ3) is 2.66. The molecule has 0 fully saturated rings. The van der Waals surface area contributed by atoms with Crippen molar-refractivity contribution in [1.82, 2.24) is 10.3 Å². The highest BCUT2D eigenvalue weighted by Gasteiger charge is 2.18. The standard InChI is InChI=1S/C14H11N3O3S2/c15-11-7-3-4-8(9-2-1-5-21-9)17-14(7)22-12(11)13(20)16-6-10(18)19/h1-5H,6,15H2,(H,16,20)(H,18,19). The summed E-state index contributed by atoms with van der Waals surface area (Å²) in [6.45, 7) is -0.444. The summed E-state index contributed by atoms with van der Waals surface area (Å²) in [7, 11) is 0. The molecule has 0 unspecified atom stereocenters. The Morgan fingerprint density at radius 3 is 2.82 bits per heavy atom. The molecule has 0 aromatic carbocycles. The van der Waals surface area contributed by atoms with Crippen LogP contribution >= 0.6 is 22.7 Å². The number of carbonyl (C=O) groups is 2. The van der Waals surface area contributed by atoms with E-state index in [1.165, 1.54) is 0 Å². The molecule has 3 aromatic heterocycles. The monoisotopic (exact) mass is 333 g/mol. The van der Waals surface area contributed by atoms with E-state index in [9.17, 15) is 9.59 Å². The number of aliphatic carboxylic acids is 1. The number of anilines is 1. The molecule has 112 valence electrons. The number of nitrogens with one attached hydrogen (secondary N) is 1. The third-order valence-corrected chi connectivity index (χ3v) is 4.98. The van der Waals surface area contributed by atoms with Crippen LogP contribution in [0.1, 0.15) is 9.67 Å². The molecular formula is C14H11N3O3S2. The number of nitrogens with two attached hydrogens (primary N) is 1. The average molecular weight is 333 g/mol. The van der Waals surface area contributed by atoms with E-state index < -0.39 is 18.4 Å². The molecule has 22 heavy (non-hydrogen) atoms. The molecule has 6 nitrogen and oxygen atoms in total. The Bertz CT molecular complexity index is 856. The number of amides is 1. The van der Waals surface area contributed by atoms with Crippen molar-refractivity contribution in [2.24, 2.45) is 0 Å². The third-order valence-electron chi connectivity index (χ3n) is 2.97. The highest BCUT2D eigenvalue weighted by Crippen LogP contribution is 2.34. The van der Waals surface area contributed by atoms with Crippen molar-refractivity contribution >= 4 is 50.5 Å². The largest absolute Gasteiger partial charge is 0.480 e. The molecule has 0 aliphatic carbocycles. The number of carboxylic acid groups (broad SMARTS) is 1. The number of hydrogen-bond acceptors (Lipinski definition) is 6. The zero-order chi connectivity index (χ0) is 15.7. The smallest absolute Gasteiger partial charge is 0.322 e. The molecule has 0 atom stereocenters. The van der Waals surface area contributed by atoms with Crippen molar-refractivity contribution in [3.63, 3.8) is 0 Å². The fourth-order valence-electron chi connectivity index (χ4n) is 1.96. The summed E-state index contributed by atoms with van der Waals surface area (Å²) >= 11 is 2.74. The normalized spacial score (nSPS) is 10.7. The molecule has 0 spiro atoms. The van der Waals surface area contributed by atoms with Gasteiger partial charge in [0.05, 0.1) is 16.3 Å². The minimum Gasteiger partial charge on any atom is -0.480 e. The van der Waals surface area contributed by atoms with Gasteiger partial charge in [0, 0.05) is 5.39 Å². The lowest BCUT2D eigenvalue weighted by Crippen LogP contribution is -2.29. The van der Waals surface area contributed by atoms with E-state index in [4.69, 9.17) is 10.8 Å². The number of carboxylic acids is 1. The van der Waals surface area contributed by atoms with Crippen LogP contribution in [0.4, 0.5) is 5.69 Å². The summed E-state index contributed by atoms with van der Waals surface area (Å²) in [6.07, 6.45) is 0. The predicted octanol–water partition coefficient (Wildman–Crippen LogP) is 2.42. The van der Waals surface area contributed by atoms with Crippen LogP contribution in [0.3, 0.4) is 0 Å². The first-order valence-electron chi connectivity index (χ1n) is 6.29. The van der Waals surface area contributed by atoms with E-state index in [2.05, 4.69) is 10.3 Å². The van der Waals surface area contributed by atoms with Gasteiger partial charge in [0.15, 0.2) is 0 Å². The summed E-state index contributed by atoms with van der Waals surface area (Å²) in [5.74, 6) is -1.60. The second-order valence-electron chi connectivity index (χ2n) is 4.45. The predicted molar refractivity (Wildman–Crippen MR) is 87.3 cm³/mol. The Hall–Kier alpha value is -2.45. The van der Waals surface area contributed by atoms with Crippen molar-refractivity contribution in [3.8, 4) is 10.6 Å². The van der Waals surface area contributed by atoms with Gasteiger partial charge in [-0.3, -0.25) is 9.59 Å². The molecule has 3 rings (SSSR count). The molecular weight excluding hydrogens is 322 g/mol. The molecule has 4 N–H and O–H groups in total. The summed E-state index contributed by atoms with van der Waals surface area (Å²) < 4.78 is 0.